The minimum absolute atomic E-state index is 0.000783. The van der Waals surface area contributed by atoms with E-state index in [0.29, 0.717) is 24.1 Å². The van der Waals surface area contributed by atoms with Gasteiger partial charge < -0.3 is 14.6 Å². The van der Waals surface area contributed by atoms with Crippen LogP contribution in [0.4, 0.5) is 0 Å². The zero-order valence-corrected chi connectivity index (χ0v) is 15.4. The summed E-state index contributed by atoms with van der Waals surface area (Å²) in [4.78, 5) is 18.6. The number of hydrogen-bond donors (Lipinski definition) is 1. The molecule has 142 valence electrons. The Bertz CT molecular complexity index is 794. The van der Waals surface area contributed by atoms with Crippen LogP contribution in [0.2, 0.25) is 0 Å². The molecule has 27 heavy (non-hydrogen) atoms. The molecule has 2 aliphatic rings. The number of rotatable bonds is 6. The van der Waals surface area contributed by atoms with Gasteiger partial charge >= 0.3 is 0 Å². The molecule has 3 atom stereocenters. The first kappa shape index (κ1) is 17.8. The van der Waals surface area contributed by atoms with E-state index in [9.17, 15) is 9.90 Å². The molecular weight excluding hydrogens is 344 g/mol. The average Bonchev–Trinajstić information content (AvgIpc) is 3.20. The van der Waals surface area contributed by atoms with E-state index in [1.165, 1.54) is 12.3 Å². The lowest BCUT2D eigenvalue weighted by Gasteiger charge is -2.19. The van der Waals surface area contributed by atoms with Gasteiger partial charge in [0.15, 0.2) is 5.78 Å². The van der Waals surface area contributed by atoms with Gasteiger partial charge in [-0.05, 0) is 48.9 Å². The van der Waals surface area contributed by atoms with E-state index in [1.807, 2.05) is 24.3 Å². The largest absolute Gasteiger partial charge is 0.506 e. The standard InChI is InChI=1S/C21H24N2O4/c1-26-17-3-2-4-18(9-17)27-19-7-14-11-23(12-15(14)8-19)13-21(25)20-6-5-16(24)10-22-20/h2-6,9-10,14-15,19,24H,7-8,11-13H2,1H3/t14-,15+,19+. The third-order valence-electron chi connectivity index (χ3n) is 5.53. The third-order valence-corrected chi connectivity index (χ3v) is 5.53. The summed E-state index contributed by atoms with van der Waals surface area (Å²) in [5.74, 6) is 2.87. The Morgan fingerprint density at radius 3 is 2.59 bits per heavy atom. The lowest BCUT2D eigenvalue weighted by Crippen LogP contribution is -2.30. The van der Waals surface area contributed by atoms with Gasteiger partial charge in [-0.3, -0.25) is 9.69 Å². The lowest BCUT2D eigenvalue weighted by molar-refractivity contribution is 0.0932. The zero-order chi connectivity index (χ0) is 18.8. The highest BCUT2D eigenvalue weighted by Gasteiger charge is 2.42. The highest BCUT2D eigenvalue weighted by molar-refractivity contribution is 5.95. The third kappa shape index (κ3) is 4.06. The van der Waals surface area contributed by atoms with Crippen LogP contribution in [0.1, 0.15) is 23.3 Å². The minimum atomic E-state index is -0.000783. The molecule has 0 amide bonds. The lowest BCUT2D eigenvalue weighted by atomic mass is 10.0. The molecule has 0 bridgehead atoms. The summed E-state index contributed by atoms with van der Waals surface area (Å²) in [6.45, 7) is 2.23. The molecule has 1 saturated carbocycles. The number of nitrogens with zero attached hydrogens (tertiary/aromatic N) is 2. The summed E-state index contributed by atoms with van der Waals surface area (Å²) in [5.41, 5.74) is 0.407. The second-order valence-corrected chi connectivity index (χ2v) is 7.43. The van der Waals surface area contributed by atoms with Crippen molar-refractivity contribution in [3.63, 3.8) is 0 Å². The number of likely N-dealkylation sites (tertiary alicyclic amines) is 1. The number of benzene rings is 1. The van der Waals surface area contributed by atoms with Crippen molar-refractivity contribution in [2.75, 3.05) is 26.7 Å². The Hall–Kier alpha value is -2.60. The molecule has 4 rings (SSSR count). The molecule has 1 saturated heterocycles. The number of fused-ring (bicyclic) bond motifs is 1. The van der Waals surface area contributed by atoms with E-state index in [4.69, 9.17) is 9.47 Å². The van der Waals surface area contributed by atoms with Crippen LogP contribution in [0.5, 0.6) is 17.2 Å². The Kier molecular flexibility index (Phi) is 4.99. The van der Waals surface area contributed by atoms with E-state index in [-0.39, 0.29) is 17.6 Å². The predicted molar refractivity (Wildman–Crippen MR) is 100 cm³/mol. The van der Waals surface area contributed by atoms with Gasteiger partial charge in [-0.1, -0.05) is 6.07 Å². The molecular formula is C21H24N2O4. The normalized spacial score (nSPS) is 24.6. The molecule has 2 fully saturated rings. The van der Waals surface area contributed by atoms with Crippen molar-refractivity contribution in [1.82, 2.24) is 9.88 Å². The van der Waals surface area contributed by atoms with Gasteiger partial charge in [0.1, 0.15) is 22.9 Å². The van der Waals surface area contributed by atoms with Crippen LogP contribution in [0, 0.1) is 11.8 Å². The van der Waals surface area contributed by atoms with Gasteiger partial charge in [-0.15, -0.1) is 0 Å². The molecule has 1 aromatic carbocycles. The number of pyridine rings is 1. The number of methoxy groups -OCH3 is 1. The number of carbonyl (C=O) groups is 1. The molecule has 1 aliphatic carbocycles. The summed E-state index contributed by atoms with van der Waals surface area (Å²) in [6.07, 6.45) is 3.57. The average molecular weight is 368 g/mol. The van der Waals surface area contributed by atoms with E-state index < -0.39 is 0 Å². The highest BCUT2D eigenvalue weighted by atomic mass is 16.5. The van der Waals surface area contributed by atoms with Crippen LogP contribution in [-0.4, -0.2) is 53.6 Å². The second kappa shape index (κ2) is 7.56. The highest BCUT2D eigenvalue weighted by Crippen LogP contribution is 2.40. The number of carbonyl (C=O) groups excluding carboxylic acids is 1. The first-order valence-electron chi connectivity index (χ1n) is 9.32. The van der Waals surface area contributed by atoms with Crippen molar-refractivity contribution in [2.24, 2.45) is 11.8 Å². The van der Waals surface area contributed by atoms with Crippen molar-refractivity contribution in [3.8, 4) is 17.2 Å². The number of aromatic nitrogens is 1. The summed E-state index contributed by atoms with van der Waals surface area (Å²) in [5, 5.41) is 9.29. The Morgan fingerprint density at radius 2 is 1.93 bits per heavy atom. The Balaban J connectivity index is 1.29. The van der Waals surface area contributed by atoms with E-state index in [1.54, 1.807) is 13.2 Å². The maximum atomic E-state index is 12.4. The Morgan fingerprint density at radius 1 is 1.19 bits per heavy atom. The maximum Gasteiger partial charge on any atom is 0.195 e. The predicted octanol–water partition coefficient (Wildman–Crippen LogP) is 2.77. The quantitative estimate of drug-likeness (QED) is 0.791. The Labute approximate surface area is 158 Å². The van der Waals surface area contributed by atoms with E-state index in [2.05, 4.69) is 9.88 Å². The monoisotopic (exact) mass is 368 g/mol. The van der Waals surface area contributed by atoms with Crippen LogP contribution >= 0.6 is 0 Å². The topological polar surface area (TPSA) is 71.9 Å². The molecule has 6 nitrogen and oxygen atoms in total. The fraction of sp³-hybridized carbons (Fsp3) is 0.429. The summed E-state index contributed by atoms with van der Waals surface area (Å²) < 4.78 is 11.4. The van der Waals surface area contributed by atoms with Crippen LogP contribution in [0.3, 0.4) is 0 Å². The smallest absolute Gasteiger partial charge is 0.195 e. The summed E-state index contributed by atoms with van der Waals surface area (Å²) >= 11 is 0. The van der Waals surface area contributed by atoms with Crippen molar-refractivity contribution in [3.05, 3.63) is 48.3 Å². The van der Waals surface area contributed by atoms with Crippen molar-refractivity contribution >= 4 is 5.78 Å². The van der Waals surface area contributed by atoms with Gasteiger partial charge in [0.2, 0.25) is 0 Å². The van der Waals surface area contributed by atoms with E-state index >= 15 is 0 Å². The molecule has 2 heterocycles. The van der Waals surface area contributed by atoms with Crippen molar-refractivity contribution in [1.29, 1.82) is 0 Å². The fourth-order valence-electron chi connectivity index (χ4n) is 4.27. The van der Waals surface area contributed by atoms with Crippen LogP contribution in [0.25, 0.3) is 0 Å². The van der Waals surface area contributed by atoms with Crippen molar-refractivity contribution in [2.45, 2.75) is 18.9 Å². The van der Waals surface area contributed by atoms with Crippen LogP contribution < -0.4 is 9.47 Å². The first-order valence-corrected chi connectivity index (χ1v) is 9.32. The number of Topliss-reactive ketones (excluding diaryl/α,β-unsaturated/α-hetero) is 1. The SMILES string of the molecule is COc1cccc(O[C@H]2C[C@@H]3CN(CC(=O)c4ccc(O)cn4)C[C@@H]3C2)c1. The van der Waals surface area contributed by atoms with Crippen molar-refractivity contribution < 1.29 is 19.4 Å². The number of ether oxygens (including phenoxy) is 2. The van der Waals surface area contributed by atoms with Gasteiger partial charge in [0.25, 0.3) is 0 Å². The second-order valence-electron chi connectivity index (χ2n) is 7.43. The fourth-order valence-corrected chi connectivity index (χ4v) is 4.27. The van der Waals surface area contributed by atoms with Gasteiger partial charge in [0.05, 0.1) is 26.0 Å². The summed E-state index contributed by atoms with van der Waals surface area (Å²) in [6, 6.07) is 10.8. The van der Waals surface area contributed by atoms with Gasteiger partial charge in [0, 0.05) is 19.2 Å². The molecule has 1 aromatic heterocycles. The van der Waals surface area contributed by atoms with Crippen LogP contribution in [0.15, 0.2) is 42.6 Å². The van der Waals surface area contributed by atoms with Gasteiger partial charge in [-0.25, -0.2) is 4.98 Å². The molecule has 0 spiro atoms. The number of ketones is 1. The van der Waals surface area contributed by atoms with Gasteiger partial charge in [-0.2, -0.15) is 0 Å². The van der Waals surface area contributed by atoms with E-state index in [0.717, 1.165) is 37.4 Å². The molecule has 2 aromatic rings. The molecule has 6 heteroatoms. The first-order chi connectivity index (χ1) is 13.1. The molecule has 0 unspecified atom stereocenters. The number of hydrogen-bond acceptors (Lipinski definition) is 6. The molecule has 1 aliphatic heterocycles. The molecule has 1 N–H and O–H groups in total. The zero-order valence-electron chi connectivity index (χ0n) is 15.4. The summed E-state index contributed by atoms with van der Waals surface area (Å²) in [7, 11) is 1.66. The molecule has 0 radical (unpaired) electrons. The number of aromatic hydroxyl groups is 1. The van der Waals surface area contributed by atoms with Crippen LogP contribution in [-0.2, 0) is 0 Å². The minimum Gasteiger partial charge on any atom is -0.506 e. The maximum absolute atomic E-state index is 12.4.